The first-order valence-electron chi connectivity index (χ1n) is 5.09. The van der Waals surface area contributed by atoms with Crippen molar-refractivity contribution >= 4 is 11.7 Å². The highest BCUT2D eigenvalue weighted by atomic mass is 16.6. The summed E-state index contributed by atoms with van der Waals surface area (Å²) in [5.41, 5.74) is 0.526. The number of hydrogen-bond acceptors (Lipinski definition) is 4. The summed E-state index contributed by atoms with van der Waals surface area (Å²) in [6.07, 6.45) is 0. The minimum Gasteiger partial charge on any atom is -0.480 e. The van der Waals surface area contributed by atoms with Crippen molar-refractivity contribution in [3.63, 3.8) is 0 Å². The van der Waals surface area contributed by atoms with Gasteiger partial charge < -0.3 is 5.11 Å². The Morgan fingerprint density at radius 2 is 2.12 bits per heavy atom. The van der Waals surface area contributed by atoms with Crippen LogP contribution in [0.5, 0.6) is 0 Å². The fourth-order valence-corrected chi connectivity index (χ4v) is 1.59. The van der Waals surface area contributed by atoms with Crippen LogP contribution in [0.2, 0.25) is 0 Å². The molecule has 0 aliphatic heterocycles. The Bertz CT molecular complexity index is 433. The first-order valence-corrected chi connectivity index (χ1v) is 5.09. The number of nitrogens with zero attached hydrogens (tertiary/aromatic N) is 2. The molecule has 0 saturated heterocycles. The summed E-state index contributed by atoms with van der Waals surface area (Å²) in [6, 6.07) is 6.02. The fourth-order valence-electron chi connectivity index (χ4n) is 1.59. The SMILES string of the molecule is CC(c1ccccc1[N+](=O)[O-])N(C)CC(=O)O. The smallest absolute Gasteiger partial charge is 0.317 e. The lowest BCUT2D eigenvalue weighted by atomic mass is 10.1. The van der Waals surface area contributed by atoms with Crippen LogP contribution in [0.4, 0.5) is 5.69 Å². The molecule has 0 saturated carbocycles. The molecule has 1 aromatic carbocycles. The van der Waals surface area contributed by atoms with Gasteiger partial charge in [0.05, 0.1) is 11.5 Å². The largest absolute Gasteiger partial charge is 0.480 e. The van der Waals surface area contributed by atoms with Crippen LogP contribution in [0.3, 0.4) is 0 Å². The predicted molar refractivity (Wildman–Crippen MR) is 61.8 cm³/mol. The summed E-state index contributed by atoms with van der Waals surface area (Å²) in [5.74, 6) is -0.960. The molecular weight excluding hydrogens is 224 g/mol. The van der Waals surface area contributed by atoms with E-state index in [2.05, 4.69) is 0 Å². The maximum Gasteiger partial charge on any atom is 0.317 e. The third kappa shape index (κ3) is 3.25. The highest BCUT2D eigenvalue weighted by Gasteiger charge is 2.22. The van der Waals surface area contributed by atoms with Gasteiger partial charge in [0.15, 0.2) is 0 Å². The van der Waals surface area contributed by atoms with Gasteiger partial charge in [0.2, 0.25) is 0 Å². The van der Waals surface area contributed by atoms with E-state index in [1.807, 2.05) is 0 Å². The second-order valence-electron chi connectivity index (χ2n) is 3.80. The van der Waals surface area contributed by atoms with E-state index in [1.165, 1.54) is 6.07 Å². The molecule has 6 nitrogen and oxygen atoms in total. The number of carboxylic acid groups (broad SMARTS) is 1. The predicted octanol–water partition coefficient (Wildman–Crippen LogP) is 1.67. The van der Waals surface area contributed by atoms with E-state index in [4.69, 9.17) is 5.11 Å². The van der Waals surface area contributed by atoms with Crippen molar-refractivity contribution in [2.75, 3.05) is 13.6 Å². The third-order valence-electron chi connectivity index (χ3n) is 2.63. The number of benzene rings is 1. The van der Waals surface area contributed by atoms with E-state index < -0.39 is 10.9 Å². The van der Waals surface area contributed by atoms with Crippen LogP contribution in [-0.2, 0) is 4.79 Å². The van der Waals surface area contributed by atoms with Crippen molar-refractivity contribution in [3.05, 3.63) is 39.9 Å². The lowest BCUT2D eigenvalue weighted by Crippen LogP contribution is -2.28. The zero-order valence-electron chi connectivity index (χ0n) is 9.66. The monoisotopic (exact) mass is 238 g/mol. The first kappa shape index (κ1) is 13.1. The highest BCUT2D eigenvalue weighted by Crippen LogP contribution is 2.27. The molecule has 17 heavy (non-hydrogen) atoms. The molecule has 0 heterocycles. The Labute approximate surface area is 98.6 Å². The van der Waals surface area contributed by atoms with Crippen LogP contribution < -0.4 is 0 Å². The Morgan fingerprint density at radius 1 is 1.53 bits per heavy atom. The summed E-state index contributed by atoms with van der Waals surface area (Å²) in [4.78, 5) is 22.5. The van der Waals surface area contributed by atoms with E-state index in [9.17, 15) is 14.9 Å². The first-order chi connectivity index (χ1) is 7.93. The van der Waals surface area contributed by atoms with Crippen LogP contribution in [-0.4, -0.2) is 34.5 Å². The van der Waals surface area contributed by atoms with Gasteiger partial charge in [-0.2, -0.15) is 0 Å². The Hall–Kier alpha value is -1.95. The number of nitro groups is 1. The van der Waals surface area contributed by atoms with Gasteiger partial charge in [-0.1, -0.05) is 18.2 Å². The van der Waals surface area contributed by atoms with E-state index in [-0.39, 0.29) is 18.3 Å². The summed E-state index contributed by atoms with van der Waals surface area (Å²) < 4.78 is 0. The lowest BCUT2D eigenvalue weighted by Gasteiger charge is -2.22. The molecule has 0 aromatic heterocycles. The number of hydrogen-bond donors (Lipinski definition) is 1. The van der Waals surface area contributed by atoms with Gasteiger partial charge in [-0.15, -0.1) is 0 Å². The average molecular weight is 238 g/mol. The molecule has 1 rings (SSSR count). The topological polar surface area (TPSA) is 83.7 Å². The summed E-state index contributed by atoms with van der Waals surface area (Å²) in [6.45, 7) is 1.58. The third-order valence-corrected chi connectivity index (χ3v) is 2.63. The molecule has 0 aliphatic carbocycles. The van der Waals surface area contributed by atoms with Crippen molar-refractivity contribution in [1.29, 1.82) is 0 Å². The standard InChI is InChI=1S/C11H14N2O4/c1-8(12(2)7-11(14)15)9-5-3-4-6-10(9)13(16)17/h3-6,8H,7H2,1-2H3,(H,14,15). The maximum absolute atomic E-state index is 10.8. The molecule has 0 fully saturated rings. The van der Waals surface area contributed by atoms with Crippen molar-refractivity contribution in [2.45, 2.75) is 13.0 Å². The zero-order valence-corrected chi connectivity index (χ0v) is 9.66. The maximum atomic E-state index is 10.8. The molecule has 6 heteroatoms. The molecule has 1 aromatic rings. The van der Waals surface area contributed by atoms with Crippen molar-refractivity contribution in [1.82, 2.24) is 4.90 Å². The second kappa shape index (κ2) is 5.40. The van der Waals surface area contributed by atoms with Gasteiger partial charge in [0.25, 0.3) is 5.69 Å². The fraction of sp³-hybridized carbons (Fsp3) is 0.364. The normalized spacial score (nSPS) is 12.4. The van der Waals surface area contributed by atoms with E-state index >= 15 is 0 Å². The van der Waals surface area contributed by atoms with E-state index in [1.54, 1.807) is 37.1 Å². The minimum atomic E-state index is -0.960. The van der Waals surface area contributed by atoms with E-state index in [0.29, 0.717) is 5.56 Å². The molecule has 0 spiro atoms. The minimum absolute atomic E-state index is 0.0113. The molecule has 92 valence electrons. The molecule has 0 bridgehead atoms. The number of likely N-dealkylation sites (N-methyl/N-ethyl adjacent to an activating group) is 1. The molecular formula is C11H14N2O4. The van der Waals surface area contributed by atoms with Crippen LogP contribution >= 0.6 is 0 Å². The molecule has 1 unspecified atom stereocenters. The highest BCUT2D eigenvalue weighted by molar-refractivity contribution is 5.69. The van der Waals surface area contributed by atoms with Crippen LogP contribution in [0, 0.1) is 10.1 Å². The molecule has 0 aliphatic rings. The van der Waals surface area contributed by atoms with Crippen LogP contribution in [0.25, 0.3) is 0 Å². The molecule has 1 atom stereocenters. The number of aliphatic carboxylic acids is 1. The lowest BCUT2D eigenvalue weighted by molar-refractivity contribution is -0.385. The Balaban J connectivity index is 2.99. The Morgan fingerprint density at radius 3 is 2.65 bits per heavy atom. The van der Waals surface area contributed by atoms with Crippen LogP contribution in [0.15, 0.2) is 24.3 Å². The molecule has 0 radical (unpaired) electrons. The van der Waals surface area contributed by atoms with Crippen LogP contribution in [0.1, 0.15) is 18.5 Å². The van der Waals surface area contributed by atoms with Gasteiger partial charge in [-0.3, -0.25) is 19.8 Å². The van der Waals surface area contributed by atoms with Gasteiger partial charge in [0.1, 0.15) is 0 Å². The second-order valence-corrected chi connectivity index (χ2v) is 3.80. The Kier molecular flexibility index (Phi) is 4.17. The summed E-state index contributed by atoms with van der Waals surface area (Å²) in [7, 11) is 1.62. The number of rotatable bonds is 5. The summed E-state index contributed by atoms with van der Waals surface area (Å²) >= 11 is 0. The van der Waals surface area contributed by atoms with Crippen molar-refractivity contribution in [3.8, 4) is 0 Å². The van der Waals surface area contributed by atoms with Crippen molar-refractivity contribution in [2.24, 2.45) is 0 Å². The average Bonchev–Trinajstić information content (AvgIpc) is 2.27. The number of carboxylic acids is 1. The zero-order chi connectivity index (χ0) is 13.0. The van der Waals surface area contributed by atoms with Crippen molar-refractivity contribution < 1.29 is 14.8 Å². The van der Waals surface area contributed by atoms with E-state index in [0.717, 1.165) is 0 Å². The van der Waals surface area contributed by atoms with Gasteiger partial charge in [0, 0.05) is 17.7 Å². The molecule has 0 amide bonds. The number of carbonyl (C=O) groups is 1. The van der Waals surface area contributed by atoms with Gasteiger partial charge in [-0.05, 0) is 14.0 Å². The van der Waals surface area contributed by atoms with Gasteiger partial charge >= 0.3 is 5.97 Å². The quantitative estimate of drug-likeness (QED) is 0.623. The summed E-state index contributed by atoms with van der Waals surface area (Å²) in [5, 5.41) is 19.5. The van der Waals surface area contributed by atoms with Gasteiger partial charge in [-0.25, -0.2) is 0 Å². The number of para-hydroxylation sites is 1. The number of nitro benzene ring substituents is 1. The molecule has 1 N–H and O–H groups in total.